The van der Waals surface area contributed by atoms with E-state index in [0.29, 0.717) is 5.92 Å². The van der Waals surface area contributed by atoms with Gasteiger partial charge in [0.1, 0.15) is 0 Å². The average Bonchev–Trinajstić information content (AvgIpc) is 2.39. The van der Waals surface area contributed by atoms with Crippen molar-refractivity contribution >= 4 is 5.69 Å². The topological polar surface area (TPSA) is 15.3 Å². The van der Waals surface area contributed by atoms with E-state index in [2.05, 4.69) is 42.4 Å². The number of rotatable bonds is 1. The second kappa shape index (κ2) is 4.93. The first kappa shape index (κ1) is 12.0. The van der Waals surface area contributed by atoms with Crippen LogP contribution in [0.25, 0.3) is 0 Å². The van der Waals surface area contributed by atoms with Crippen molar-refractivity contribution in [1.82, 2.24) is 5.32 Å². The van der Waals surface area contributed by atoms with Crippen LogP contribution in [-0.2, 0) is 6.42 Å². The Morgan fingerprint density at radius 1 is 1.28 bits per heavy atom. The van der Waals surface area contributed by atoms with Crippen LogP contribution in [0.2, 0.25) is 0 Å². The van der Waals surface area contributed by atoms with Gasteiger partial charge in [0.15, 0.2) is 0 Å². The molecule has 2 aliphatic rings. The first-order valence-electron chi connectivity index (χ1n) is 7.28. The zero-order valence-corrected chi connectivity index (χ0v) is 11.6. The number of nitrogens with zero attached hydrogens (tertiary/aromatic N) is 1. The van der Waals surface area contributed by atoms with Gasteiger partial charge in [0, 0.05) is 25.8 Å². The standard InChI is InChI=1S/C16H24N2/c1-12-8-15(11-17-10-12)13-5-6-16-14(9-13)4-3-7-18(16)2/h5-6,9,12,15,17H,3-4,7-8,10-11H2,1-2H3. The zero-order valence-electron chi connectivity index (χ0n) is 11.6. The van der Waals surface area contributed by atoms with Gasteiger partial charge in [-0.25, -0.2) is 0 Å². The molecule has 1 fully saturated rings. The molecule has 1 aromatic rings. The van der Waals surface area contributed by atoms with Gasteiger partial charge in [0.05, 0.1) is 0 Å². The van der Waals surface area contributed by atoms with Crippen molar-refractivity contribution in [2.45, 2.75) is 32.1 Å². The molecule has 2 heterocycles. The van der Waals surface area contributed by atoms with E-state index in [1.165, 1.54) is 38.0 Å². The molecule has 1 aromatic carbocycles. The summed E-state index contributed by atoms with van der Waals surface area (Å²) in [5.41, 5.74) is 4.55. The van der Waals surface area contributed by atoms with Crippen molar-refractivity contribution < 1.29 is 0 Å². The van der Waals surface area contributed by atoms with Crippen LogP contribution in [-0.4, -0.2) is 26.7 Å². The SMILES string of the molecule is CC1CNCC(c2ccc3c(c2)CCCN3C)C1. The molecule has 2 aliphatic heterocycles. The van der Waals surface area contributed by atoms with Crippen molar-refractivity contribution in [3.05, 3.63) is 29.3 Å². The van der Waals surface area contributed by atoms with Crippen LogP contribution >= 0.6 is 0 Å². The molecule has 1 saturated heterocycles. The molecule has 0 spiro atoms. The summed E-state index contributed by atoms with van der Waals surface area (Å²) in [6, 6.07) is 7.16. The Balaban J connectivity index is 1.85. The summed E-state index contributed by atoms with van der Waals surface area (Å²) in [5, 5.41) is 3.56. The third-order valence-corrected chi connectivity index (χ3v) is 4.50. The predicted molar refractivity (Wildman–Crippen MR) is 77.4 cm³/mol. The molecule has 2 unspecified atom stereocenters. The molecular formula is C16H24N2. The summed E-state index contributed by atoms with van der Waals surface area (Å²) in [5.74, 6) is 1.52. The normalized spacial score (nSPS) is 28.0. The largest absolute Gasteiger partial charge is 0.374 e. The maximum atomic E-state index is 3.56. The van der Waals surface area contributed by atoms with E-state index in [4.69, 9.17) is 0 Å². The third-order valence-electron chi connectivity index (χ3n) is 4.50. The second-order valence-electron chi connectivity index (χ2n) is 6.11. The van der Waals surface area contributed by atoms with Crippen LogP contribution in [0.5, 0.6) is 0 Å². The molecule has 0 bridgehead atoms. The minimum Gasteiger partial charge on any atom is -0.374 e. The molecular weight excluding hydrogens is 220 g/mol. The highest BCUT2D eigenvalue weighted by Crippen LogP contribution is 2.32. The minimum atomic E-state index is 0.714. The van der Waals surface area contributed by atoms with Crippen molar-refractivity contribution in [3.8, 4) is 0 Å². The Labute approximate surface area is 110 Å². The lowest BCUT2D eigenvalue weighted by atomic mass is 9.85. The Hall–Kier alpha value is -1.02. The van der Waals surface area contributed by atoms with E-state index >= 15 is 0 Å². The van der Waals surface area contributed by atoms with Crippen LogP contribution < -0.4 is 10.2 Å². The highest BCUT2D eigenvalue weighted by molar-refractivity contribution is 5.56. The minimum absolute atomic E-state index is 0.714. The number of fused-ring (bicyclic) bond motifs is 1. The molecule has 2 nitrogen and oxygen atoms in total. The summed E-state index contributed by atoms with van der Waals surface area (Å²) >= 11 is 0. The fraction of sp³-hybridized carbons (Fsp3) is 0.625. The summed E-state index contributed by atoms with van der Waals surface area (Å²) in [6.45, 7) is 5.89. The second-order valence-corrected chi connectivity index (χ2v) is 6.11. The van der Waals surface area contributed by atoms with Gasteiger partial charge in [-0.1, -0.05) is 19.1 Å². The monoisotopic (exact) mass is 244 g/mol. The first-order valence-corrected chi connectivity index (χ1v) is 7.28. The lowest BCUT2D eigenvalue weighted by molar-refractivity contribution is 0.364. The van der Waals surface area contributed by atoms with E-state index in [1.54, 1.807) is 11.1 Å². The molecule has 2 heteroatoms. The summed E-state index contributed by atoms with van der Waals surface area (Å²) < 4.78 is 0. The summed E-state index contributed by atoms with van der Waals surface area (Å²) in [4.78, 5) is 2.39. The molecule has 0 amide bonds. The van der Waals surface area contributed by atoms with Crippen molar-refractivity contribution in [3.63, 3.8) is 0 Å². The molecule has 0 radical (unpaired) electrons. The summed E-state index contributed by atoms with van der Waals surface area (Å²) in [6.07, 6.45) is 3.89. The average molecular weight is 244 g/mol. The first-order chi connectivity index (χ1) is 8.74. The number of anilines is 1. The third kappa shape index (κ3) is 2.26. The molecule has 0 aromatic heterocycles. The van der Waals surface area contributed by atoms with Crippen LogP contribution in [0.4, 0.5) is 5.69 Å². The fourth-order valence-corrected chi connectivity index (χ4v) is 3.47. The lowest BCUT2D eigenvalue weighted by Gasteiger charge is -2.31. The number of piperidine rings is 1. The highest BCUT2D eigenvalue weighted by atomic mass is 15.1. The van der Waals surface area contributed by atoms with Gasteiger partial charge in [-0.05, 0) is 54.8 Å². The number of aryl methyl sites for hydroxylation is 1. The van der Waals surface area contributed by atoms with E-state index in [9.17, 15) is 0 Å². The number of nitrogens with one attached hydrogen (secondary N) is 1. The molecule has 3 rings (SSSR count). The van der Waals surface area contributed by atoms with Crippen molar-refractivity contribution in [2.24, 2.45) is 5.92 Å². The molecule has 1 N–H and O–H groups in total. The van der Waals surface area contributed by atoms with Gasteiger partial charge in [-0.3, -0.25) is 0 Å². The van der Waals surface area contributed by atoms with Crippen LogP contribution in [0.1, 0.15) is 36.8 Å². The Morgan fingerprint density at radius 2 is 2.17 bits per heavy atom. The Bertz CT molecular complexity index is 427. The lowest BCUT2D eigenvalue weighted by Crippen LogP contribution is -2.34. The van der Waals surface area contributed by atoms with Gasteiger partial charge in [0.2, 0.25) is 0 Å². The van der Waals surface area contributed by atoms with Gasteiger partial charge >= 0.3 is 0 Å². The Kier molecular flexibility index (Phi) is 3.29. The maximum absolute atomic E-state index is 3.56. The van der Waals surface area contributed by atoms with Gasteiger partial charge in [-0.2, -0.15) is 0 Å². The van der Waals surface area contributed by atoms with E-state index in [0.717, 1.165) is 12.5 Å². The van der Waals surface area contributed by atoms with E-state index < -0.39 is 0 Å². The molecule has 18 heavy (non-hydrogen) atoms. The molecule has 2 atom stereocenters. The number of benzene rings is 1. The molecule has 98 valence electrons. The number of hydrogen-bond acceptors (Lipinski definition) is 2. The molecule has 0 saturated carbocycles. The van der Waals surface area contributed by atoms with Gasteiger partial charge in [-0.15, -0.1) is 0 Å². The fourth-order valence-electron chi connectivity index (χ4n) is 3.47. The quantitative estimate of drug-likeness (QED) is 0.817. The van der Waals surface area contributed by atoms with Crippen LogP contribution in [0, 0.1) is 5.92 Å². The van der Waals surface area contributed by atoms with Gasteiger partial charge < -0.3 is 10.2 Å². The summed E-state index contributed by atoms with van der Waals surface area (Å²) in [7, 11) is 2.21. The van der Waals surface area contributed by atoms with E-state index in [-0.39, 0.29) is 0 Å². The van der Waals surface area contributed by atoms with Crippen LogP contribution in [0.15, 0.2) is 18.2 Å². The predicted octanol–water partition coefficient (Wildman–Crippen LogP) is 2.78. The van der Waals surface area contributed by atoms with Gasteiger partial charge in [0.25, 0.3) is 0 Å². The highest BCUT2D eigenvalue weighted by Gasteiger charge is 2.22. The zero-order chi connectivity index (χ0) is 12.5. The molecule has 0 aliphatic carbocycles. The van der Waals surface area contributed by atoms with Crippen molar-refractivity contribution in [2.75, 3.05) is 31.6 Å². The van der Waals surface area contributed by atoms with Crippen molar-refractivity contribution in [1.29, 1.82) is 0 Å². The van der Waals surface area contributed by atoms with Crippen LogP contribution in [0.3, 0.4) is 0 Å². The number of hydrogen-bond donors (Lipinski definition) is 1. The Morgan fingerprint density at radius 3 is 3.00 bits per heavy atom. The smallest absolute Gasteiger partial charge is 0.0396 e. The maximum Gasteiger partial charge on any atom is 0.0396 e. The van der Waals surface area contributed by atoms with E-state index in [1.807, 2.05) is 0 Å².